The summed E-state index contributed by atoms with van der Waals surface area (Å²) in [4.78, 5) is 10.6. The van der Waals surface area contributed by atoms with E-state index in [1.165, 1.54) is 12.1 Å². The van der Waals surface area contributed by atoms with Gasteiger partial charge in [-0.1, -0.05) is 23.4 Å². The van der Waals surface area contributed by atoms with Gasteiger partial charge in [0.1, 0.15) is 11.6 Å². The van der Waals surface area contributed by atoms with Gasteiger partial charge in [0, 0.05) is 12.0 Å². The highest BCUT2D eigenvalue weighted by Gasteiger charge is 2.13. The zero-order valence-electron chi connectivity index (χ0n) is 12.5. The molecule has 0 heterocycles. The van der Waals surface area contributed by atoms with E-state index < -0.39 is 11.8 Å². The molecule has 0 aliphatic carbocycles. The first kappa shape index (κ1) is 16.5. The summed E-state index contributed by atoms with van der Waals surface area (Å²) in [7, 11) is 1.57. The number of aliphatic carboxylic acids is 1. The van der Waals surface area contributed by atoms with Crippen LogP contribution < -0.4 is 4.74 Å². The molecule has 2 aromatic carbocycles. The molecule has 0 spiro atoms. The van der Waals surface area contributed by atoms with Crippen molar-refractivity contribution in [1.29, 1.82) is 0 Å². The third-order valence-electron chi connectivity index (χ3n) is 3.40. The van der Waals surface area contributed by atoms with Crippen LogP contribution in [0.2, 0.25) is 0 Å². The molecule has 0 saturated heterocycles. The molecule has 6 heteroatoms. The van der Waals surface area contributed by atoms with Crippen LogP contribution in [0.3, 0.4) is 0 Å². The number of carbonyl (C=O) groups is 1. The molecule has 0 atom stereocenters. The number of hydrogen-bond acceptors (Lipinski definition) is 4. The van der Waals surface area contributed by atoms with Gasteiger partial charge < -0.3 is 15.1 Å². The highest BCUT2D eigenvalue weighted by molar-refractivity contribution is 6.01. The summed E-state index contributed by atoms with van der Waals surface area (Å²) in [5, 5.41) is 20.7. The normalized spacial score (nSPS) is 11.3. The highest BCUT2D eigenvalue weighted by Crippen LogP contribution is 2.25. The lowest BCUT2D eigenvalue weighted by molar-refractivity contribution is -0.136. The Morgan fingerprint density at radius 2 is 1.78 bits per heavy atom. The summed E-state index contributed by atoms with van der Waals surface area (Å²) in [6, 6.07) is 11.6. The van der Waals surface area contributed by atoms with E-state index in [2.05, 4.69) is 5.16 Å². The molecule has 0 bridgehead atoms. The average Bonchev–Trinajstić information content (AvgIpc) is 2.56. The van der Waals surface area contributed by atoms with Crippen molar-refractivity contribution in [2.24, 2.45) is 5.16 Å². The van der Waals surface area contributed by atoms with E-state index in [1.54, 1.807) is 37.4 Å². The van der Waals surface area contributed by atoms with Gasteiger partial charge in [0.05, 0.1) is 19.2 Å². The number of methoxy groups -OCH3 is 1. The maximum absolute atomic E-state index is 14.3. The fraction of sp³-hybridized carbons (Fsp3) is 0.176. The Kier molecular flexibility index (Phi) is 5.30. The van der Waals surface area contributed by atoms with Gasteiger partial charge in [0.25, 0.3) is 0 Å². The van der Waals surface area contributed by atoms with Crippen molar-refractivity contribution in [1.82, 2.24) is 0 Å². The molecular formula is C17H16FNO4. The van der Waals surface area contributed by atoms with Crippen molar-refractivity contribution in [3.63, 3.8) is 0 Å². The van der Waals surface area contributed by atoms with Gasteiger partial charge in [0.15, 0.2) is 0 Å². The SMILES string of the molecule is COc1ccc(-c2ccc(/C(CCC(=O)O)=N/O)c(F)c2)cc1. The number of halogens is 1. The summed E-state index contributed by atoms with van der Waals surface area (Å²) < 4.78 is 19.4. The van der Waals surface area contributed by atoms with Gasteiger partial charge >= 0.3 is 5.97 Å². The Morgan fingerprint density at radius 1 is 1.13 bits per heavy atom. The van der Waals surface area contributed by atoms with Crippen molar-refractivity contribution in [3.05, 3.63) is 53.8 Å². The molecule has 0 aliphatic rings. The predicted molar refractivity (Wildman–Crippen MR) is 83.6 cm³/mol. The molecule has 2 aromatic rings. The zero-order chi connectivity index (χ0) is 16.8. The van der Waals surface area contributed by atoms with Gasteiger partial charge in [-0.25, -0.2) is 4.39 Å². The maximum Gasteiger partial charge on any atom is 0.303 e. The van der Waals surface area contributed by atoms with Gasteiger partial charge in [-0.05, 0) is 35.4 Å². The van der Waals surface area contributed by atoms with Crippen LogP contribution in [0.1, 0.15) is 18.4 Å². The van der Waals surface area contributed by atoms with Crippen molar-refractivity contribution < 1.29 is 24.2 Å². The van der Waals surface area contributed by atoms with Gasteiger partial charge in [-0.3, -0.25) is 4.79 Å². The topological polar surface area (TPSA) is 79.1 Å². The second-order valence-corrected chi connectivity index (χ2v) is 4.86. The second kappa shape index (κ2) is 7.40. The van der Waals surface area contributed by atoms with E-state index in [0.717, 1.165) is 5.56 Å². The second-order valence-electron chi connectivity index (χ2n) is 4.86. The molecule has 2 rings (SSSR count). The van der Waals surface area contributed by atoms with Gasteiger partial charge in [0.2, 0.25) is 0 Å². The number of oxime groups is 1. The summed E-state index contributed by atoms with van der Waals surface area (Å²) in [5.74, 6) is -0.910. The standard InChI is InChI=1S/C17H16FNO4/c1-23-13-5-2-11(3-6-13)12-4-7-14(15(18)10-12)16(19-22)8-9-17(20)21/h2-7,10,22H,8-9H2,1H3,(H,20,21)/b19-16+. The van der Waals surface area contributed by atoms with Crippen LogP contribution >= 0.6 is 0 Å². The fourth-order valence-corrected chi connectivity index (χ4v) is 2.18. The Balaban J connectivity index is 2.27. The molecule has 2 N–H and O–H groups in total. The lowest BCUT2D eigenvalue weighted by Crippen LogP contribution is -2.07. The Hall–Kier alpha value is -2.89. The van der Waals surface area contributed by atoms with Crippen LogP contribution in [0.4, 0.5) is 4.39 Å². The van der Waals surface area contributed by atoms with E-state index in [-0.39, 0.29) is 24.1 Å². The minimum atomic E-state index is -1.04. The minimum absolute atomic E-state index is 0.00572. The first-order valence-electron chi connectivity index (χ1n) is 6.92. The molecule has 0 fully saturated rings. The summed E-state index contributed by atoms with van der Waals surface area (Å²) in [6.07, 6.45) is -0.288. The molecule has 23 heavy (non-hydrogen) atoms. The third-order valence-corrected chi connectivity index (χ3v) is 3.40. The summed E-state index contributed by atoms with van der Waals surface area (Å²) in [5.41, 5.74) is 1.56. The quantitative estimate of drug-likeness (QED) is 0.485. The molecule has 5 nitrogen and oxygen atoms in total. The molecule has 0 saturated carbocycles. The maximum atomic E-state index is 14.3. The predicted octanol–water partition coefficient (Wildman–Crippen LogP) is 3.54. The van der Waals surface area contributed by atoms with Crippen LogP contribution in [0.25, 0.3) is 11.1 Å². The van der Waals surface area contributed by atoms with Crippen molar-refractivity contribution in [3.8, 4) is 16.9 Å². The van der Waals surface area contributed by atoms with E-state index >= 15 is 0 Å². The first-order valence-corrected chi connectivity index (χ1v) is 6.92. The molecule has 0 unspecified atom stereocenters. The number of carboxylic acids is 1. The minimum Gasteiger partial charge on any atom is -0.497 e. The van der Waals surface area contributed by atoms with Crippen LogP contribution in [0.15, 0.2) is 47.6 Å². The lowest BCUT2D eigenvalue weighted by atomic mass is 9.99. The molecule has 120 valence electrons. The van der Waals surface area contributed by atoms with Crippen molar-refractivity contribution >= 4 is 11.7 Å². The Bertz CT molecular complexity index is 726. The molecule has 0 amide bonds. The van der Waals surface area contributed by atoms with Crippen molar-refractivity contribution in [2.75, 3.05) is 7.11 Å². The molecule has 0 aliphatic heterocycles. The Labute approximate surface area is 132 Å². The molecule has 0 aromatic heterocycles. The average molecular weight is 317 g/mol. The zero-order valence-corrected chi connectivity index (χ0v) is 12.5. The van der Waals surface area contributed by atoms with E-state index in [4.69, 9.17) is 15.1 Å². The summed E-state index contributed by atoms with van der Waals surface area (Å²) in [6.45, 7) is 0. The number of benzene rings is 2. The third kappa shape index (κ3) is 4.06. The lowest BCUT2D eigenvalue weighted by Gasteiger charge is -2.08. The van der Waals surface area contributed by atoms with E-state index in [9.17, 15) is 9.18 Å². The molecular weight excluding hydrogens is 301 g/mol. The van der Waals surface area contributed by atoms with Crippen LogP contribution in [-0.4, -0.2) is 29.1 Å². The summed E-state index contributed by atoms with van der Waals surface area (Å²) >= 11 is 0. The number of rotatable bonds is 6. The number of ether oxygens (including phenoxy) is 1. The number of hydrogen-bond donors (Lipinski definition) is 2. The van der Waals surface area contributed by atoms with Crippen LogP contribution in [0.5, 0.6) is 5.75 Å². The fourth-order valence-electron chi connectivity index (χ4n) is 2.18. The van der Waals surface area contributed by atoms with Crippen molar-refractivity contribution in [2.45, 2.75) is 12.8 Å². The Morgan fingerprint density at radius 3 is 2.30 bits per heavy atom. The van der Waals surface area contributed by atoms with E-state index in [1.807, 2.05) is 0 Å². The highest BCUT2D eigenvalue weighted by atomic mass is 19.1. The first-order chi connectivity index (χ1) is 11.0. The van der Waals surface area contributed by atoms with Gasteiger partial charge in [-0.15, -0.1) is 0 Å². The number of carboxylic acid groups (broad SMARTS) is 1. The van der Waals surface area contributed by atoms with Crippen LogP contribution in [0, 0.1) is 5.82 Å². The van der Waals surface area contributed by atoms with Crippen LogP contribution in [-0.2, 0) is 4.79 Å². The monoisotopic (exact) mass is 317 g/mol. The molecule has 0 radical (unpaired) electrons. The van der Waals surface area contributed by atoms with Gasteiger partial charge in [-0.2, -0.15) is 0 Å². The smallest absolute Gasteiger partial charge is 0.303 e. The largest absolute Gasteiger partial charge is 0.497 e. The van der Waals surface area contributed by atoms with E-state index in [0.29, 0.717) is 11.3 Å². The number of nitrogens with zero attached hydrogens (tertiary/aromatic N) is 1.